The van der Waals surface area contributed by atoms with Gasteiger partial charge in [-0.15, -0.1) is 0 Å². The Morgan fingerprint density at radius 2 is 2.03 bits per heavy atom. The van der Waals surface area contributed by atoms with Crippen LogP contribution >= 0.6 is 0 Å². The van der Waals surface area contributed by atoms with Crippen LogP contribution in [0.2, 0.25) is 0 Å². The quantitative estimate of drug-likeness (QED) is 0.700. The van der Waals surface area contributed by atoms with E-state index in [0.717, 1.165) is 12.1 Å². The molecule has 5 heterocycles. The molecular formula is C20H20N6O3. The van der Waals surface area contributed by atoms with Gasteiger partial charge in [0.2, 0.25) is 5.76 Å². The highest BCUT2D eigenvalue weighted by Crippen LogP contribution is 2.37. The number of nitrogens with zero attached hydrogens (tertiary/aromatic N) is 5. The Bertz CT molecular complexity index is 1170. The molecule has 0 aromatic carbocycles. The zero-order valence-corrected chi connectivity index (χ0v) is 15.9. The van der Waals surface area contributed by atoms with Crippen LogP contribution in [0.15, 0.2) is 40.1 Å². The van der Waals surface area contributed by atoms with E-state index in [1.807, 2.05) is 15.5 Å². The number of hydrogen-bond donors (Lipinski definition) is 1. The van der Waals surface area contributed by atoms with Crippen molar-refractivity contribution in [2.24, 2.45) is 5.92 Å². The lowest BCUT2D eigenvalue weighted by atomic mass is 9.82. The Labute approximate surface area is 166 Å². The van der Waals surface area contributed by atoms with Crippen molar-refractivity contribution in [2.75, 3.05) is 18.8 Å². The summed E-state index contributed by atoms with van der Waals surface area (Å²) in [5.74, 6) is 0.788. The van der Waals surface area contributed by atoms with E-state index in [0.29, 0.717) is 42.4 Å². The SMILES string of the molecule is Cc1ncoc1C(=O)N1C[C@@H]2C[C@H](C1)c1cc(-c3cc(N)ncn3)cc(=O)n1C2. The standard InChI is InChI=1S/C20H20N6O3/c1-11-19(29-10-24-11)20(28)25-6-12-2-14(8-25)16-3-13(4-18(27)26(16)7-12)15-5-17(21)23-9-22-15/h3-5,9-10,12,14H,2,6-8H2,1H3,(H2,21,22,23)/t12-,14+/m0/s1. The molecule has 3 aromatic heterocycles. The normalized spacial score (nSPS) is 20.4. The maximum absolute atomic E-state index is 12.9. The molecule has 0 aliphatic carbocycles. The van der Waals surface area contributed by atoms with Crippen LogP contribution in [0, 0.1) is 12.8 Å². The lowest BCUT2D eigenvalue weighted by Gasteiger charge is -2.42. The number of nitrogen functional groups attached to an aromatic ring is 1. The van der Waals surface area contributed by atoms with Gasteiger partial charge < -0.3 is 19.6 Å². The predicted molar refractivity (Wildman–Crippen MR) is 104 cm³/mol. The van der Waals surface area contributed by atoms with Crippen molar-refractivity contribution in [3.63, 3.8) is 0 Å². The number of aromatic nitrogens is 4. The van der Waals surface area contributed by atoms with Crippen LogP contribution in [0.5, 0.6) is 0 Å². The molecule has 0 saturated carbocycles. The van der Waals surface area contributed by atoms with Gasteiger partial charge in [-0.05, 0) is 25.3 Å². The van der Waals surface area contributed by atoms with E-state index < -0.39 is 0 Å². The third kappa shape index (κ3) is 2.98. The van der Waals surface area contributed by atoms with Gasteiger partial charge in [0, 0.05) is 48.9 Å². The number of piperidine rings is 1. The van der Waals surface area contributed by atoms with Crippen molar-refractivity contribution in [1.29, 1.82) is 0 Å². The van der Waals surface area contributed by atoms with Crippen molar-refractivity contribution in [3.05, 3.63) is 58.4 Å². The fourth-order valence-electron chi connectivity index (χ4n) is 4.45. The molecule has 9 heteroatoms. The molecule has 5 rings (SSSR count). The van der Waals surface area contributed by atoms with E-state index in [-0.39, 0.29) is 29.1 Å². The molecule has 3 aromatic rings. The third-order valence-corrected chi connectivity index (χ3v) is 5.77. The van der Waals surface area contributed by atoms with Crippen LogP contribution in [0.1, 0.15) is 34.3 Å². The van der Waals surface area contributed by atoms with E-state index >= 15 is 0 Å². The number of fused-ring (bicyclic) bond motifs is 4. The smallest absolute Gasteiger partial charge is 0.291 e. The minimum absolute atomic E-state index is 0.0600. The van der Waals surface area contributed by atoms with Crippen molar-refractivity contribution in [3.8, 4) is 11.3 Å². The summed E-state index contributed by atoms with van der Waals surface area (Å²) in [6, 6.07) is 5.23. The highest BCUT2D eigenvalue weighted by atomic mass is 16.3. The number of rotatable bonds is 2. The topological polar surface area (TPSA) is 120 Å². The summed E-state index contributed by atoms with van der Waals surface area (Å²) in [6.45, 7) is 3.49. The fraction of sp³-hybridized carbons (Fsp3) is 0.350. The Morgan fingerprint density at radius 3 is 2.79 bits per heavy atom. The summed E-state index contributed by atoms with van der Waals surface area (Å²) in [7, 11) is 0. The van der Waals surface area contributed by atoms with Gasteiger partial charge in [0.25, 0.3) is 11.5 Å². The summed E-state index contributed by atoms with van der Waals surface area (Å²) >= 11 is 0. The molecule has 9 nitrogen and oxygen atoms in total. The van der Waals surface area contributed by atoms with Crippen LogP contribution in [-0.4, -0.2) is 43.4 Å². The summed E-state index contributed by atoms with van der Waals surface area (Å²) < 4.78 is 7.12. The first-order valence-electron chi connectivity index (χ1n) is 9.51. The van der Waals surface area contributed by atoms with Crippen molar-refractivity contribution in [2.45, 2.75) is 25.8 Å². The lowest BCUT2D eigenvalue weighted by molar-refractivity contribution is 0.0563. The molecule has 1 amide bonds. The number of carbonyl (C=O) groups is 1. The maximum Gasteiger partial charge on any atom is 0.291 e. The number of carbonyl (C=O) groups excluding carboxylic acids is 1. The molecular weight excluding hydrogens is 372 g/mol. The molecule has 2 atom stereocenters. The summed E-state index contributed by atoms with van der Waals surface area (Å²) in [5.41, 5.74) is 8.55. The van der Waals surface area contributed by atoms with Crippen LogP contribution in [-0.2, 0) is 6.54 Å². The van der Waals surface area contributed by atoms with Gasteiger partial charge in [-0.3, -0.25) is 9.59 Å². The van der Waals surface area contributed by atoms with E-state index in [4.69, 9.17) is 10.2 Å². The molecule has 2 N–H and O–H groups in total. The van der Waals surface area contributed by atoms with Gasteiger partial charge in [0.05, 0.1) is 11.4 Å². The number of hydrogen-bond acceptors (Lipinski definition) is 7. The van der Waals surface area contributed by atoms with Gasteiger partial charge >= 0.3 is 0 Å². The average Bonchev–Trinajstić information content (AvgIpc) is 3.14. The first-order chi connectivity index (χ1) is 14.0. The minimum Gasteiger partial charge on any atom is -0.438 e. The molecule has 2 aliphatic rings. The first kappa shape index (κ1) is 17.6. The Kier molecular flexibility index (Phi) is 3.97. The largest absolute Gasteiger partial charge is 0.438 e. The molecule has 0 unspecified atom stereocenters. The third-order valence-electron chi connectivity index (χ3n) is 5.77. The van der Waals surface area contributed by atoms with Gasteiger partial charge in [0.15, 0.2) is 6.39 Å². The van der Waals surface area contributed by atoms with E-state index in [2.05, 4.69) is 15.0 Å². The van der Waals surface area contributed by atoms with Crippen LogP contribution < -0.4 is 11.3 Å². The van der Waals surface area contributed by atoms with Crippen molar-refractivity contribution < 1.29 is 9.21 Å². The van der Waals surface area contributed by atoms with E-state index in [9.17, 15) is 9.59 Å². The van der Waals surface area contributed by atoms with Gasteiger partial charge in [-0.25, -0.2) is 15.0 Å². The zero-order chi connectivity index (χ0) is 20.1. The Balaban J connectivity index is 1.51. The zero-order valence-electron chi connectivity index (χ0n) is 15.9. The monoisotopic (exact) mass is 392 g/mol. The number of nitrogens with two attached hydrogens (primary N) is 1. The molecule has 29 heavy (non-hydrogen) atoms. The van der Waals surface area contributed by atoms with Crippen LogP contribution in [0.4, 0.5) is 5.82 Å². The summed E-state index contributed by atoms with van der Waals surface area (Å²) in [4.78, 5) is 39.7. The average molecular weight is 392 g/mol. The molecule has 148 valence electrons. The Hall–Kier alpha value is -3.49. The van der Waals surface area contributed by atoms with Crippen LogP contribution in [0.25, 0.3) is 11.3 Å². The second-order valence-electron chi connectivity index (χ2n) is 7.72. The number of amides is 1. The fourth-order valence-corrected chi connectivity index (χ4v) is 4.45. The number of oxazole rings is 1. The van der Waals surface area contributed by atoms with E-state index in [1.54, 1.807) is 19.1 Å². The number of aryl methyl sites for hydroxylation is 1. The van der Waals surface area contributed by atoms with Gasteiger partial charge in [-0.1, -0.05) is 0 Å². The Morgan fingerprint density at radius 1 is 1.17 bits per heavy atom. The summed E-state index contributed by atoms with van der Waals surface area (Å²) in [5, 5.41) is 0. The molecule has 2 bridgehead atoms. The van der Waals surface area contributed by atoms with Crippen molar-refractivity contribution in [1.82, 2.24) is 24.4 Å². The summed E-state index contributed by atoms with van der Waals surface area (Å²) in [6.07, 6.45) is 3.62. The highest BCUT2D eigenvalue weighted by Gasteiger charge is 2.38. The van der Waals surface area contributed by atoms with Crippen molar-refractivity contribution >= 4 is 11.7 Å². The van der Waals surface area contributed by atoms with Gasteiger partial charge in [-0.2, -0.15) is 0 Å². The molecule has 1 fully saturated rings. The predicted octanol–water partition coefficient (Wildman–Crippen LogP) is 1.44. The van der Waals surface area contributed by atoms with Crippen LogP contribution in [0.3, 0.4) is 0 Å². The number of likely N-dealkylation sites (tertiary alicyclic amines) is 1. The molecule has 2 aliphatic heterocycles. The first-order valence-corrected chi connectivity index (χ1v) is 9.51. The number of anilines is 1. The van der Waals surface area contributed by atoms with Gasteiger partial charge in [0.1, 0.15) is 12.1 Å². The van der Waals surface area contributed by atoms with E-state index in [1.165, 1.54) is 12.7 Å². The number of pyridine rings is 1. The molecule has 0 spiro atoms. The lowest BCUT2D eigenvalue weighted by Crippen LogP contribution is -2.49. The second-order valence-corrected chi connectivity index (χ2v) is 7.72. The highest BCUT2D eigenvalue weighted by molar-refractivity contribution is 5.92. The minimum atomic E-state index is -0.148. The molecule has 1 saturated heterocycles. The maximum atomic E-state index is 12.9. The molecule has 0 radical (unpaired) electrons. The second kappa shape index (κ2) is 6.54.